The van der Waals surface area contributed by atoms with Crippen LogP contribution in [-0.4, -0.2) is 24.7 Å². The predicted octanol–water partition coefficient (Wildman–Crippen LogP) is 0.327. The van der Waals surface area contributed by atoms with E-state index in [9.17, 15) is 4.79 Å². The lowest BCUT2D eigenvalue weighted by Crippen LogP contribution is -2.28. The number of hydrogen-bond donors (Lipinski definition) is 0. The van der Waals surface area contributed by atoms with Crippen molar-refractivity contribution in [2.75, 3.05) is 0 Å². The second kappa shape index (κ2) is 2.05. The fourth-order valence-electron chi connectivity index (χ4n) is 1.20. The van der Waals surface area contributed by atoms with Gasteiger partial charge in [-0.3, -0.25) is 4.79 Å². The van der Waals surface area contributed by atoms with E-state index in [4.69, 9.17) is 7.98 Å². The van der Waals surface area contributed by atoms with Gasteiger partial charge in [-0.2, -0.15) is 0 Å². The smallest absolute Gasteiger partial charge is 0.230 e. The summed E-state index contributed by atoms with van der Waals surface area (Å²) in [6, 6.07) is 0.229. The summed E-state index contributed by atoms with van der Waals surface area (Å²) in [7, 11) is 5.40. The molecule has 2 unspecified atom stereocenters. The Labute approximate surface area is 56.7 Å². The molecular weight excluding hydrogens is 113 g/mol. The minimum Gasteiger partial charge on any atom is -0.394 e. The molecule has 1 heterocycles. The van der Waals surface area contributed by atoms with Gasteiger partial charge >= 0.3 is 0 Å². The Balaban J connectivity index is 2.65. The zero-order valence-electron chi connectivity index (χ0n) is 5.79. The van der Waals surface area contributed by atoms with Crippen molar-refractivity contribution in [1.82, 2.24) is 4.81 Å². The molecule has 0 spiro atoms. The van der Waals surface area contributed by atoms with E-state index >= 15 is 0 Å². The maximum Gasteiger partial charge on any atom is 0.230 e. The third-order valence-corrected chi connectivity index (χ3v) is 1.85. The Hall–Kier alpha value is -0.465. The summed E-state index contributed by atoms with van der Waals surface area (Å²) in [6.07, 6.45) is 0.898. The number of amides is 1. The molecule has 1 aliphatic rings. The average Bonchev–Trinajstić information content (AvgIpc) is 1.98. The molecule has 1 saturated heterocycles. The maximum atomic E-state index is 10.9. The van der Waals surface area contributed by atoms with Crippen molar-refractivity contribution in [1.29, 1.82) is 0 Å². The van der Waals surface area contributed by atoms with E-state index in [1.807, 2.05) is 13.8 Å². The molecule has 1 fully saturated rings. The molecule has 2 radical (unpaired) electrons. The van der Waals surface area contributed by atoms with Gasteiger partial charge in [0, 0.05) is 12.0 Å². The van der Waals surface area contributed by atoms with E-state index < -0.39 is 0 Å². The summed E-state index contributed by atoms with van der Waals surface area (Å²) >= 11 is 0. The summed E-state index contributed by atoms with van der Waals surface area (Å²) in [5, 5.41) is 0. The Morgan fingerprint density at radius 3 is 2.33 bits per heavy atom. The summed E-state index contributed by atoms with van der Waals surface area (Å²) in [4.78, 5) is 12.2. The van der Waals surface area contributed by atoms with Crippen molar-refractivity contribution < 1.29 is 4.79 Å². The van der Waals surface area contributed by atoms with E-state index in [2.05, 4.69) is 0 Å². The van der Waals surface area contributed by atoms with Crippen LogP contribution in [0.25, 0.3) is 0 Å². The quantitative estimate of drug-likeness (QED) is 0.425. The van der Waals surface area contributed by atoms with E-state index in [-0.39, 0.29) is 17.9 Å². The van der Waals surface area contributed by atoms with Crippen molar-refractivity contribution in [3.05, 3.63) is 0 Å². The first-order valence-electron chi connectivity index (χ1n) is 3.20. The third-order valence-electron chi connectivity index (χ3n) is 1.85. The largest absolute Gasteiger partial charge is 0.394 e. The monoisotopic (exact) mass is 123 g/mol. The second-order valence-electron chi connectivity index (χ2n) is 2.73. The Morgan fingerprint density at radius 2 is 2.22 bits per heavy atom. The second-order valence-corrected chi connectivity index (χ2v) is 2.73. The maximum absolute atomic E-state index is 10.9. The Morgan fingerprint density at radius 1 is 1.67 bits per heavy atom. The van der Waals surface area contributed by atoms with Gasteiger partial charge < -0.3 is 4.81 Å². The van der Waals surface area contributed by atoms with E-state index in [0.717, 1.165) is 6.42 Å². The Kier molecular flexibility index (Phi) is 1.51. The van der Waals surface area contributed by atoms with Gasteiger partial charge in [-0.05, 0) is 13.3 Å². The van der Waals surface area contributed by atoms with Gasteiger partial charge in [-0.25, -0.2) is 0 Å². The summed E-state index contributed by atoms with van der Waals surface area (Å²) in [5.41, 5.74) is 0. The zero-order chi connectivity index (χ0) is 7.02. The van der Waals surface area contributed by atoms with Gasteiger partial charge in [0.1, 0.15) is 0 Å². The SMILES string of the molecule is [B]N1C(=O)C(C)CC1C. The van der Waals surface area contributed by atoms with E-state index in [1.165, 1.54) is 4.81 Å². The van der Waals surface area contributed by atoms with Crippen LogP contribution in [0, 0.1) is 5.92 Å². The van der Waals surface area contributed by atoms with Gasteiger partial charge in [-0.1, -0.05) is 6.92 Å². The number of carbonyl (C=O) groups is 1. The van der Waals surface area contributed by atoms with Crippen LogP contribution in [0.5, 0.6) is 0 Å². The molecule has 3 heteroatoms. The normalized spacial score (nSPS) is 35.8. The molecular formula is C6H10BNO. The minimum absolute atomic E-state index is 0.0718. The first kappa shape index (κ1) is 6.65. The standard InChI is InChI=1S/C6H10BNO/c1-4-3-5(2)8(7)6(4)9/h4-5H,3H2,1-2H3. The fourth-order valence-corrected chi connectivity index (χ4v) is 1.20. The van der Waals surface area contributed by atoms with Gasteiger partial charge in [0.25, 0.3) is 0 Å². The summed E-state index contributed by atoms with van der Waals surface area (Å²) in [5.74, 6) is 0.201. The molecule has 2 atom stereocenters. The highest BCUT2D eigenvalue weighted by Gasteiger charge is 2.29. The van der Waals surface area contributed by atoms with Crippen molar-refractivity contribution >= 4 is 13.9 Å². The highest BCUT2D eigenvalue weighted by molar-refractivity contribution is 6.15. The van der Waals surface area contributed by atoms with Crippen LogP contribution in [0.2, 0.25) is 0 Å². The summed E-state index contributed by atoms with van der Waals surface area (Å²) < 4.78 is 0. The van der Waals surface area contributed by atoms with Crippen LogP contribution in [0.1, 0.15) is 20.3 Å². The molecule has 0 N–H and O–H groups in total. The van der Waals surface area contributed by atoms with Gasteiger partial charge in [-0.15, -0.1) is 0 Å². The molecule has 2 nitrogen and oxygen atoms in total. The molecule has 1 aliphatic heterocycles. The number of carbonyl (C=O) groups excluding carboxylic acids is 1. The highest BCUT2D eigenvalue weighted by Crippen LogP contribution is 2.20. The topological polar surface area (TPSA) is 20.3 Å². The fraction of sp³-hybridized carbons (Fsp3) is 0.833. The molecule has 0 aliphatic carbocycles. The average molecular weight is 123 g/mol. The lowest BCUT2D eigenvalue weighted by atomic mass is 10.1. The van der Waals surface area contributed by atoms with Gasteiger partial charge in [0.2, 0.25) is 13.9 Å². The summed E-state index contributed by atoms with van der Waals surface area (Å²) in [6.45, 7) is 3.87. The molecule has 1 amide bonds. The lowest BCUT2D eigenvalue weighted by Gasteiger charge is -2.14. The van der Waals surface area contributed by atoms with E-state index in [1.54, 1.807) is 0 Å². The molecule has 0 aromatic carbocycles. The molecule has 9 heavy (non-hydrogen) atoms. The van der Waals surface area contributed by atoms with Crippen molar-refractivity contribution in [2.24, 2.45) is 5.92 Å². The van der Waals surface area contributed by atoms with Gasteiger partial charge in [0.05, 0.1) is 0 Å². The zero-order valence-corrected chi connectivity index (χ0v) is 5.79. The van der Waals surface area contributed by atoms with Crippen LogP contribution in [0.15, 0.2) is 0 Å². The molecule has 48 valence electrons. The molecule has 0 aromatic rings. The van der Waals surface area contributed by atoms with E-state index in [0.29, 0.717) is 0 Å². The predicted molar refractivity (Wildman–Crippen MR) is 35.8 cm³/mol. The lowest BCUT2D eigenvalue weighted by molar-refractivity contribution is -0.127. The molecule has 0 aromatic heterocycles. The van der Waals surface area contributed by atoms with Crippen LogP contribution >= 0.6 is 0 Å². The first-order chi connectivity index (χ1) is 4.13. The molecule has 1 rings (SSSR count). The number of hydrogen-bond acceptors (Lipinski definition) is 1. The minimum atomic E-state index is 0.0718. The number of nitrogens with zero attached hydrogens (tertiary/aromatic N) is 1. The van der Waals surface area contributed by atoms with Crippen LogP contribution in [0.4, 0.5) is 0 Å². The molecule has 0 saturated carbocycles. The number of rotatable bonds is 0. The first-order valence-corrected chi connectivity index (χ1v) is 3.20. The highest BCUT2D eigenvalue weighted by atomic mass is 16.2. The van der Waals surface area contributed by atoms with Gasteiger partial charge in [0.15, 0.2) is 0 Å². The molecule has 0 bridgehead atoms. The van der Waals surface area contributed by atoms with Crippen molar-refractivity contribution in [3.8, 4) is 0 Å². The van der Waals surface area contributed by atoms with Crippen LogP contribution in [-0.2, 0) is 4.79 Å². The Bertz CT molecular complexity index is 137. The van der Waals surface area contributed by atoms with Crippen molar-refractivity contribution in [3.63, 3.8) is 0 Å². The van der Waals surface area contributed by atoms with Crippen molar-refractivity contribution in [2.45, 2.75) is 26.3 Å². The van der Waals surface area contributed by atoms with Crippen LogP contribution < -0.4 is 0 Å². The van der Waals surface area contributed by atoms with Crippen LogP contribution in [0.3, 0.4) is 0 Å². The third kappa shape index (κ3) is 0.957.